The first-order chi connectivity index (χ1) is 9.24. The van der Waals surface area contributed by atoms with E-state index in [-0.39, 0.29) is 0 Å². The Morgan fingerprint density at radius 3 is 2.68 bits per heavy atom. The summed E-state index contributed by atoms with van der Waals surface area (Å²) in [6.45, 7) is 0. The van der Waals surface area contributed by atoms with Crippen LogP contribution in [0.3, 0.4) is 0 Å². The lowest BCUT2D eigenvalue weighted by molar-refractivity contribution is 0.463. The molecule has 94 valence electrons. The SMILES string of the molecule is Brc1cnc(Oc2cccc3cccnc23)c(Br)c1. The Morgan fingerprint density at radius 1 is 1.00 bits per heavy atom. The Kier molecular flexibility index (Phi) is 3.48. The van der Waals surface area contributed by atoms with Gasteiger partial charge in [-0.25, -0.2) is 4.98 Å². The molecule has 2 aromatic heterocycles. The lowest BCUT2D eigenvalue weighted by Gasteiger charge is -2.08. The highest BCUT2D eigenvalue weighted by molar-refractivity contribution is 9.11. The molecule has 0 saturated carbocycles. The molecule has 0 amide bonds. The Hall–Kier alpha value is -1.46. The van der Waals surface area contributed by atoms with Crippen LogP contribution in [0.5, 0.6) is 11.6 Å². The minimum Gasteiger partial charge on any atom is -0.436 e. The maximum absolute atomic E-state index is 5.84. The van der Waals surface area contributed by atoms with Gasteiger partial charge in [-0.15, -0.1) is 0 Å². The molecular formula is C14H8Br2N2O. The summed E-state index contributed by atoms with van der Waals surface area (Å²) >= 11 is 6.79. The molecule has 0 radical (unpaired) electrons. The second-order valence-corrected chi connectivity index (χ2v) is 5.64. The standard InChI is InChI=1S/C14H8Br2N2O/c15-10-7-11(16)14(18-8-10)19-12-5-1-3-9-4-2-6-17-13(9)12/h1-8H. The fourth-order valence-electron chi connectivity index (χ4n) is 1.74. The second kappa shape index (κ2) is 5.27. The number of fused-ring (bicyclic) bond motifs is 1. The molecule has 3 nitrogen and oxygen atoms in total. The molecule has 0 fully saturated rings. The highest BCUT2D eigenvalue weighted by atomic mass is 79.9. The van der Waals surface area contributed by atoms with E-state index in [1.165, 1.54) is 0 Å². The molecule has 3 aromatic rings. The number of nitrogens with zero attached hydrogens (tertiary/aromatic N) is 2. The van der Waals surface area contributed by atoms with E-state index in [2.05, 4.69) is 41.8 Å². The van der Waals surface area contributed by atoms with E-state index >= 15 is 0 Å². The van der Waals surface area contributed by atoms with Gasteiger partial charge in [0.25, 0.3) is 0 Å². The number of aromatic nitrogens is 2. The molecule has 19 heavy (non-hydrogen) atoms. The van der Waals surface area contributed by atoms with Gasteiger partial charge in [0.05, 0.1) is 4.47 Å². The van der Waals surface area contributed by atoms with Gasteiger partial charge in [0, 0.05) is 22.3 Å². The van der Waals surface area contributed by atoms with Crippen molar-refractivity contribution in [2.75, 3.05) is 0 Å². The highest BCUT2D eigenvalue weighted by Gasteiger charge is 2.08. The Bertz CT molecular complexity index is 741. The fourth-order valence-corrected chi connectivity index (χ4v) is 2.81. The van der Waals surface area contributed by atoms with Gasteiger partial charge >= 0.3 is 0 Å². The number of benzene rings is 1. The highest BCUT2D eigenvalue weighted by Crippen LogP contribution is 2.32. The Balaban J connectivity index is 2.06. The van der Waals surface area contributed by atoms with Crippen LogP contribution >= 0.6 is 31.9 Å². The summed E-state index contributed by atoms with van der Waals surface area (Å²) in [5, 5.41) is 1.04. The van der Waals surface area contributed by atoms with Crippen LogP contribution in [0.4, 0.5) is 0 Å². The van der Waals surface area contributed by atoms with Crippen molar-refractivity contribution < 1.29 is 4.74 Å². The van der Waals surface area contributed by atoms with Gasteiger partial charge < -0.3 is 4.74 Å². The van der Waals surface area contributed by atoms with Gasteiger partial charge in [-0.05, 0) is 50.1 Å². The molecule has 0 saturated heterocycles. The first kappa shape index (κ1) is 12.6. The Morgan fingerprint density at radius 2 is 1.84 bits per heavy atom. The zero-order chi connectivity index (χ0) is 13.2. The summed E-state index contributed by atoms with van der Waals surface area (Å²) in [4.78, 5) is 8.58. The second-order valence-electron chi connectivity index (χ2n) is 3.87. The van der Waals surface area contributed by atoms with Gasteiger partial charge in [0.2, 0.25) is 5.88 Å². The van der Waals surface area contributed by atoms with E-state index in [1.807, 2.05) is 36.4 Å². The van der Waals surface area contributed by atoms with Crippen molar-refractivity contribution in [1.29, 1.82) is 0 Å². The summed E-state index contributed by atoms with van der Waals surface area (Å²) in [6.07, 6.45) is 3.44. The van der Waals surface area contributed by atoms with Crippen LogP contribution in [-0.4, -0.2) is 9.97 Å². The maximum Gasteiger partial charge on any atom is 0.233 e. The number of hydrogen-bond donors (Lipinski definition) is 0. The van der Waals surface area contributed by atoms with Crippen LogP contribution in [0.25, 0.3) is 10.9 Å². The van der Waals surface area contributed by atoms with Gasteiger partial charge in [-0.1, -0.05) is 18.2 Å². The predicted molar refractivity (Wildman–Crippen MR) is 81.5 cm³/mol. The van der Waals surface area contributed by atoms with E-state index in [0.717, 1.165) is 19.8 Å². The lowest BCUT2D eigenvalue weighted by Crippen LogP contribution is -1.91. The zero-order valence-corrected chi connectivity index (χ0v) is 12.8. The number of para-hydroxylation sites is 1. The average Bonchev–Trinajstić information content (AvgIpc) is 2.42. The zero-order valence-electron chi connectivity index (χ0n) is 9.68. The number of hydrogen-bond acceptors (Lipinski definition) is 3. The number of pyridine rings is 2. The van der Waals surface area contributed by atoms with Gasteiger partial charge in [-0.3, -0.25) is 4.98 Å². The number of halogens is 2. The molecule has 5 heteroatoms. The minimum atomic E-state index is 0.515. The summed E-state index contributed by atoms with van der Waals surface area (Å²) < 4.78 is 7.51. The molecule has 0 aliphatic rings. The van der Waals surface area contributed by atoms with Crippen molar-refractivity contribution in [1.82, 2.24) is 9.97 Å². The normalized spacial score (nSPS) is 10.6. The number of rotatable bonds is 2. The molecule has 2 heterocycles. The molecule has 0 aliphatic carbocycles. The van der Waals surface area contributed by atoms with Crippen molar-refractivity contribution >= 4 is 42.8 Å². The predicted octanol–water partition coefficient (Wildman–Crippen LogP) is 4.95. The van der Waals surface area contributed by atoms with Gasteiger partial charge in [0.15, 0.2) is 5.75 Å². The molecule has 0 atom stereocenters. The van der Waals surface area contributed by atoms with Crippen molar-refractivity contribution in [3.05, 3.63) is 57.7 Å². The molecule has 0 bridgehead atoms. The van der Waals surface area contributed by atoms with Crippen molar-refractivity contribution in [2.24, 2.45) is 0 Å². The monoisotopic (exact) mass is 378 g/mol. The summed E-state index contributed by atoms with van der Waals surface area (Å²) in [5.41, 5.74) is 0.821. The first-order valence-corrected chi connectivity index (χ1v) is 7.15. The molecular weight excluding hydrogens is 372 g/mol. The van der Waals surface area contributed by atoms with E-state index < -0.39 is 0 Å². The smallest absolute Gasteiger partial charge is 0.233 e. The first-order valence-electron chi connectivity index (χ1n) is 5.57. The minimum absolute atomic E-state index is 0.515. The molecule has 0 spiro atoms. The molecule has 0 N–H and O–H groups in total. The molecule has 3 rings (SSSR count). The van der Waals surface area contributed by atoms with Gasteiger partial charge in [0.1, 0.15) is 5.52 Å². The van der Waals surface area contributed by atoms with Crippen LogP contribution in [0.2, 0.25) is 0 Å². The third kappa shape index (κ3) is 2.62. The average molecular weight is 380 g/mol. The largest absolute Gasteiger partial charge is 0.436 e. The van der Waals surface area contributed by atoms with Crippen molar-refractivity contribution in [3.8, 4) is 11.6 Å². The van der Waals surface area contributed by atoms with Crippen molar-refractivity contribution in [3.63, 3.8) is 0 Å². The van der Waals surface area contributed by atoms with E-state index in [0.29, 0.717) is 11.6 Å². The van der Waals surface area contributed by atoms with Crippen molar-refractivity contribution in [2.45, 2.75) is 0 Å². The lowest BCUT2D eigenvalue weighted by atomic mass is 10.2. The van der Waals surface area contributed by atoms with Crippen LogP contribution in [0, 0.1) is 0 Å². The summed E-state index contributed by atoms with van der Waals surface area (Å²) in [7, 11) is 0. The van der Waals surface area contributed by atoms with Gasteiger partial charge in [-0.2, -0.15) is 0 Å². The van der Waals surface area contributed by atoms with Crippen LogP contribution in [0.1, 0.15) is 0 Å². The number of ether oxygens (including phenoxy) is 1. The molecule has 1 aromatic carbocycles. The van der Waals surface area contributed by atoms with E-state index in [1.54, 1.807) is 12.4 Å². The maximum atomic E-state index is 5.84. The third-order valence-corrected chi connectivity index (χ3v) is 3.58. The van der Waals surface area contributed by atoms with E-state index in [9.17, 15) is 0 Å². The van der Waals surface area contributed by atoms with Crippen LogP contribution < -0.4 is 4.74 Å². The van der Waals surface area contributed by atoms with Crippen LogP contribution in [-0.2, 0) is 0 Å². The Labute approximate surface area is 126 Å². The van der Waals surface area contributed by atoms with Crippen LogP contribution in [0.15, 0.2) is 57.7 Å². The topological polar surface area (TPSA) is 35.0 Å². The molecule has 0 aliphatic heterocycles. The summed E-state index contributed by atoms with van der Waals surface area (Å²) in [6, 6.07) is 11.6. The molecule has 0 unspecified atom stereocenters. The third-order valence-electron chi connectivity index (χ3n) is 2.58. The fraction of sp³-hybridized carbons (Fsp3) is 0. The summed E-state index contributed by atoms with van der Waals surface area (Å²) in [5.74, 6) is 1.20. The van der Waals surface area contributed by atoms with E-state index in [4.69, 9.17) is 4.74 Å². The quantitative estimate of drug-likeness (QED) is 0.632.